The number of allylic oxidation sites excluding steroid dienone is 1. The Morgan fingerprint density at radius 1 is 1.23 bits per heavy atom. The first-order chi connectivity index (χ1) is 15.0. The third-order valence-electron chi connectivity index (χ3n) is 4.14. The molecule has 0 bridgehead atoms. The molecule has 31 heavy (non-hydrogen) atoms. The van der Waals surface area contributed by atoms with E-state index in [2.05, 4.69) is 11.1 Å². The number of carbonyl (C=O) groups excluding carboxylic acids is 1. The summed E-state index contributed by atoms with van der Waals surface area (Å²) in [6.07, 6.45) is 1.72. The second-order valence-electron chi connectivity index (χ2n) is 6.22. The van der Waals surface area contributed by atoms with Crippen LogP contribution in [-0.2, 0) is 9.53 Å². The summed E-state index contributed by atoms with van der Waals surface area (Å²) in [6, 6.07) is 14.8. The van der Waals surface area contributed by atoms with Gasteiger partial charge in [-0.25, -0.2) is 9.78 Å². The van der Waals surface area contributed by atoms with E-state index >= 15 is 0 Å². The van der Waals surface area contributed by atoms with Crippen LogP contribution in [0.15, 0.2) is 47.8 Å². The van der Waals surface area contributed by atoms with Crippen molar-refractivity contribution >= 4 is 40.6 Å². The molecule has 158 valence electrons. The third kappa shape index (κ3) is 5.85. The molecule has 0 saturated heterocycles. The van der Waals surface area contributed by atoms with Gasteiger partial charge in [0.2, 0.25) is 0 Å². The highest BCUT2D eigenvalue weighted by Gasteiger charge is 2.12. The normalized spacial score (nSPS) is 11.0. The third-order valence-corrected chi connectivity index (χ3v) is 5.27. The van der Waals surface area contributed by atoms with Gasteiger partial charge in [0.25, 0.3) is 0 Å². The zero-order valence-corrected chi connectivity index (χ0v) is 18.5. The Kier molecular flexibility index (Phi) is 7.65. The molecule has 0 amide bonds. The van der Waals surface area contributed by atoms with Crippen LogP contribution in [0.1, 0.15) is 17.5 Å². The molecule has 0 unspecified atom stereocenters. The Balaban J connectivity index is 1.81. The number of benzene rings is 2. The first-order valence-corrected chi connectivity index (χ1v) is 10.6. The lowest BCUT2D eigenvalue weighted by molar-refractivity contribution is -0.145. The zero-order chi connectivity index (χ0) is 22.2. The predicted molar refractivity (Wildman–Crippen MR) is 121 cm³/mol. The van der Waals surface area contributed by atoms with Gasteiger partial charge in [-0.15, -0.1) is 11.3 Å². The average Bonchev–Trinajstić information content (AvgIpc) is 3.27. The lowest BCUT2D eigenvalue weighted by Crippen LogP contribution is -2.14. The molecular weight excluding hydrogens is 436 g/mol. The Hall–Kier alpha value is -3.34. The molecular formula is C23H19ClN2O4S. The van der Waals surface area contributed by atoms with E-state index < -0.39 is 5.97 Å². The largest absolute Gasteiger partial charge is 0.493 e. The molecule has 0 atom stereocenters. The highest BCUT2D eigenvalue weighted by molar-refractivity contribution is 7.11. The number of nitriles is 1. The van der Waals surface area contributed by atoms with Crippen molar-refractivity contribution in [3.63, 3.8) is 0 Å². The van der Waals surface area contributed by atoms with E-state index in [1.165, 1.54) is 18.4 Å². The van der Waals surface area contributed by atoms with Crippen LogP contribution in [0, 0.1) is 11.3 Å². The predicted octanol–water partition coefficient (Wildman–Crippen LogP) is 5.48. The van der Waals surface area contributed by atoms with Crippen LogP contribution in [0.3, 0.4) is 0 Å². The van der Waals surface area contributed by atoms with Gasteiger partial charge in [0.1, 0.15) is 11.1 Å². The molecule has 0 aliphatic rings. The van der Waals surface area contributed by atoms with Gasteiger partial charge in [-0.2, -0.15) is 5.26 Å². The smallest absolute Gasteiger partial charge is 0.344 e. The molecule has 0 spiro atoms. The lowest BCUT2D eigenvalue weighted by atomic mass is 10.1. The molecule has 0 fully saturated rings. The quantitative estimate of drug-likeness (QED) is 0.331. The summed E-state index contributed by atoms with van der Waals surface area (Å²) in [4.78, 5) is 16.1. The second kappa shape index (κ2) is 10.6. The number of thiazole rings is 1. The van der Waals surface area contributed by atoms with E-state index in [1.54, 1.807) is 43.3 Å². The number of hydrogen-bond acceptors (Lipinski definition) is 7. The van der Waals surface area contributed by atoms with E-state index in [4.69, 9.17) is 25.8 Å². The van der Waals surface area contributed by atoms with Gasteiger partial charge in [-0.3, -0.25) is 0 Å². The summed E-state index contributed by atoms with van der Waals surface area (Å²) in [5.74, 6) is 0.391. The van der Waals surface area contributed by atoms with Gasteiger partial charge >= 0.3 is 5.97 Å². The number of hydrogen-bond donors (Lipinski definition) is 0. The number of esters is 1. The van der Waals surface area contributed by atoms with Gasteiger partial charge in [0, 0.05) is 16.0 Å². The highest BCUT2D eigenvalue weighted by atomic mass is 35.5. The fraction of sp³-hybridized carbons (Fsp3) is 0.174. The first-order valence-electron chi connectivity index (χ1n) is 9.34. The SMILES string of the molecule is CCOC(=O)COc1ccc(/C=C(\C#N)c2nc(-c3ccc(Cl)cc3)cs2)cc1OC. The van der Waals surface area contributed by atoms with Crippen LogP contribution in [0.25, 0.3) is 22.9 Å². The Bertz CT molecular complexity index is 1130. The summed E-state index contributed by atoms with van der Waals surface area (Å²) in [7, 11) is 1.50. The Labute approximate surface area is 189 Å². The molecule has 1 aromatic heterocycles. The van der Waals surface area contributed by atoms with Crippen molar-refractivity contribution in [1.82, 2.24) is 4.98 Å². The number of ether oxygens (including phenoxy) is 3. The molecule has 0 saturated carbocycles. The minimum absolute atomic E-state index is 0.213. The van der Waals surface area contributed by atoms with Crippen LogP contribution in [0.4, 0.5) is 0 Å². The van der Waals surface area contributed by atoms with Gasteiger partial charge in [-0.1, -0.05) is 29.8 Å². The molecule has 8 heteroatoms. The standard InChI is InChI=1S/C23H19ClN2O4S/c1-3-29-22(27)13-30-20-9-4-15(11-21(20)28-2)10-17(12-25)23-26-19(14-31-23)16-5-7-18(24)8-6-16/h4-11,14H,3,13H2,1-2H3/b17-10+. The lowest BCUT2D eigenvalue weighted by Gasteiger charge is -2.11. The molecule has 3 aromatic rings. The molecule has 0 aliphatic carbocycles. The van der Waals surface area contributed by atoms with Gasteiger partial charge in [-0.05, 0) is 42.8 Å². The fourth-order valence-electron chi connectivity index (χ4n) is 2.69. The average molecular weight is 455 g/mol. The number of methoxy groups -OCH3 is 1. The Morgan fingerprint density at radius 2 is 2.00 bits per heavy atom. The minimum Gasteiger partial charge on any atom is -0.493 e. The number of aromatic nitrogens is 1. The van der Waals surface area contributed by atoms with Crippen molar-refractivity contribution in [1.29, 1.82) is 5.26 Å². The van der Waals surface area contributed by atoms with E-state index in [-0.39, 0.29) is 13.2 Å². The number of nitrogens with zero attached hydrogens (tertiary/aromatic N) is 2. The molecule has 0 radical (unpaired) electrons. The topological polar surface area (TPSA) is 81.4 Å². The van der Waals surface area contributed by atoms with Crippen LogP contribution < -0.4 is 9.47 Å². The van der Waals surface area contributed by atoms with Crippen molar-refractivity contribution in [2.45, 2.75) is 6.92 Å². The minimum atomic E-state index is -0.458. The van der Waals surface area contributed by atoms with Crippen LogP contribution in [-0.4, -0.2) is 31.3 Å². The maximum Gasteiger partial charge on any atom is 0.344 e. The maximum atomic E-state index is 11.5. The molecule has 6 nitrogen and oxygen atoms in total. The molecule has 3 rings (SSSR count). The van der Waals surface area contributed by atoms with Gasteiger partial charge in [0.15, 0.2) is 18.1 Å². The second-order valence-corrected chi connectivity index (χ2v) is 7.51. The summed E-state index contributed by atoms with van der Waals surface area (Å²) >= 11 is 7.33. The van der Waals surface area contributed by atoms with Gasteiger partial charge < -0.3 is 14.2 Å². The summed E-state index contributed by atoms with van der Waals surface area (Å²) < 4.78 is 15.7. The number of halogens is 1. The molecule has 2 aromatic carbocycles. The van der Waals surface area contributed by atoms with E-state index in [1.807, 2.05) is 17.5 Å². The molecule has 0 N–H and O–H groups in total. The van der Waals surface area contributed by atoms with Crippen molar-refractivity contribution in [3.8, 4) is 28.8 Å². The molecule has 0 aliphatic heterocycles. The van der Waals surface area contributed by atoms with Crippen LogP contribution in [0.2, 0.25) is 5.02 Å². The van der Waals surface area contributed by atoms with E-state index in [0.29, 0.717) is 27.1 Å². The monoisotopic (exact) mass is 454 g/mol. The zero-order valence-electron chi connectivity index (χ0n) is 16.9. The Morgan fingerprint density at radius 3 is 2.68 bits per heavy atom. The van der Waals surface area contributed by atoms with Crippen molar-refractivity contribution < 1.29 is 19.0 Å². The van der Waals surface area contributed by atoms with Crippen molar-refractivity contribution in [3.05, 3.63) is 63.4 Å². The summed E-state index contributed by atoms with van der Waals surface area (Å²) in [6.45, 7) is 1.80. The van der Waals surface area contributed by atoms with Crippen LogP contribution >= 0.6 is 22.9 Å². The number of carbonyl (C=O) groups is 1. The molecule has 1 heterocycles. The maximum absolute atomic E-state index is 11.5. The van der Waals surface area contributed by atoms with Gasteiger partial charge in [0.05, 0.1) is 25.0 Å². The summed E-state index contributed by atoms with van der Waals surface area (Å²) in [5.41, 5.74) is 2.86. The fourth-order valence-corrected chi connectivity index (χ4v) is 3.61. The van der Waals surface area contributed by atoms with Crippen molar-refractivity contribution in [2.75, 3.05) is 20.3 Å². The highest BCUT2D eigenvalue weighted by Crippen LogP contribution is 2.31. The van der Waals surface area contributed by atoms with E-state index in [9.17, 15) is 10.1 Å². The van der Waals surface area contributed by atoms with E-state index in [0.717, 1.165) is 16.8 Å². The van der Waals surface area contributed by atoms with Crippen LogP contribution in [0.5, 0.6) is 11.5 Å². The first kappa shape index (κ1) is 22.3. The summed E-state index contributed by atoms with van der Waals surface area (Å²) in [5, 5.41) is 12.8. The van der Waals surface area contributed by atoms with Crippen molar-refractivity contribution in [2.24, 2.45) is 0 Å². The number of rotatable bonds is 8.